The molecule has 3 rings (SSSR count). The number of carbonyl (C=O) groups is 1. The maximum atomic E-state index is 12.0. The van der Waals surface area contributed by atoms with Crippen LogP contribution in [0, 0.1) is 0 Å². The van der Waals surface area contributed by atoms with Crippen molar-refractivity contribution < 1.29 is 19.4 Å². The summed E-state index contributed by atoms with van der Waals surface area (Å²) < 4.78 is 11.2. The summed E-state index contributed by atoms with van der Waals surface area (Å²) in [6, 6.07) is 12.7. The number of nitrogens with zero attached hydrogens (tertiary/aromatic N) is 1. The minimum absolute atomic E-state index is 0.0812. The second-order valence-corrected chi connectivity index (χ2v) is 6.14. The number of carbonyl (C=O) groups excluding carboxylic acids is 1. The van der Waals surface area contributed by atoms with Crippen LogP contribution in [-0.4, -0.2) is 43.2 Å². The number of esters is 1. The number of rotatable bonds is 5. The van der Waals surface area contributed by atoms with Crippen LogP contribution in [0.25, 0.3) is 0 Å². The van der Waals surface area contributed by atoms with E-state index in [0.717, 1.165) is 23.4 Å². The summed E-state index contributed by atoms with van der Waals surface area (Å²) in [6.07, 6.45) is 0.256. The van der Waals surface area contributed by atoms with E-state index < -0.39 is 0 Å². The van der Waals surface area contributed by atoms with Crippen molar-refractivity contribution in [2.75, 3.05) is 27.2 Å². The van der Waals surface area contributed by atoms with Crippen LogP contribution < -0.4 is 9.47 Å². The summed E-state index contributed by atoms with van der Waals surface area (Å²) in [6.45, 7) is 1.38. The highest BCUT2D eigenvalue weighted by Crippen LogP contribution is 2.42. The van der Waals surface area contributed by atoms with E-state index in [1.807, 2.05) is 38.4 Å². The van der Waals surface area contributed by atoms with Gasteiger partial charge < -0.3 is 19.5 Å². The SMILES string of the molecule is CN(C)CCOc1ccccc1C1CC(=O)Oc2cc(O)ccc21. The zero-order chi connectivity index (χ0) is 17.1. The highest BCUT2D eigenvalue weighted by molar-refractivity contribution is 5.78. The first-order valence-corrected chi connectivity index (χ1v) is 7.94. The molecule has 0 aliphatic carbocycles. The lowest BCUT2D eigenvalue weighted by Crippen LogP contribution is -2.22. The Hall–Kier alpha value is -2.53. The Morgan fingerprint density at radius 2 is 2.00 bits per heavy atom. The highest BCUT2D eigenvalue weighted by atomic mass is 16.5. The standard InChI is InChI=1S/C19H21NO4/c1-20(2)9-10-23-17-6-4-3-5-14(17)16-12-19(22)24-18-11-13(21)7-8-15(16)18/h3-8,11,16,21H,9-10,12H2,1-2H3. The first kappa shape index (κ1) is 16.3. The van der Waals surface area contributed by atoms with E-state index in [2.05, 4.69) is 4.90 Å². The van der Waals surface area contributed by atoms with Gasteiger partial charge in [-0.15, -0.1) is 0 Å². The highest BCUT2D eigenvalue weighted by Gasteiger charge is 2.30. The number of hydrogen-bond donors (Lipinski definition) is 1. The first-order valence-electron chi connectivity index (χ1n) is 7.94. The van der Waals surface area contributed by atoms with Crippen molar-refractivity contribution in [3.63, 3.8) is 0 Å². The molecule has 5 heteroatoms. The third kappa shape index (κ3) is 3.51. The van der Waals surface area contributed by atoms with Gasteiger partial charge in [0.25, 0.3) is 0 Å². The minimum Gasteiger partial charge on any atom is -0.508 e. The summed E-state index contributed by atoms with van der Waals surface area (Å²) in [5, 5.41) is 9.63. The third-order valence-corrected chi connectivity index (χ3v) is 4.06. The maximum absolute atomic E-state index is 12.0. The Morgan fingerprint density at radius 3 is 2.79 bits per heavy atom. The van der Waals surface area contributed by atoms with Crippen molar-refractivity contribution in [2.24, 2.45) is 0 Å². The van der Waals surface area contributed by atoms with E-state index in [4.69, 9.17) is 9.47 Å². The van der Waals surface area contributed by atoms with Crippen LogP contribution in [0.5, 0.6) is 17.2 Å². The molecule has 1 unspecified atom stereocenters. The molecule has 126 valence electrons. The van der Waals surface area contributed by atoms with Crippen molar-refractivity contribution in [1.82, 2.24) is 4.90 Å². The van der Waals surface area contributed by atoms with Crippen LogP contribution >= 0.6 is 0 Å². The molecule has 2 aromatic rings. The second kappa shape index (κ2) is 6.93. The Bertz CT molecular complexity index is 742. The zero-order valence-electron chi connectivity index (χ0n) is 13.9. The normalized spacial score (nSPS) is 16.6. The van der Waals surface area contributed by atoms with Crippen LogP contribution in [0.3, 0.4) is 0 Å². The number of phenols is 1. The molecule has 1 atom stereocenters. The second-order valence-electron chi connectivity index (χ2n) is 6.14. The van der Waals surface area contributed by atoms with Crippen LogP contribution in [0.15, 0.2) is 42.5 Å². The molecule has 24 heavy (non-hydrogen) atoms. The molecule has 0 radical (unpaired) electrons. The molecule has 0 saturated heterocycles. The minimum atomic E-state index is -0.304. The molecular weight excluding hydrogens is 306 g/mol. The summed E-state index contributed by atoms with van der Waals surface area (Å²) >= 11 is 0. The lowest BCUT2D eigenvalue weighted by molar-refractivity contribution is -0.135. The van der Waals surface area contributed by atoms with Gasteiger partial charge in [0.1, 0.15) is 23.9 Å². The van der Waals surface area contributed by atoms with E-state index in [9.17, 15) is 9.90 Å². The van der Waals surface area contributed by atoms with Crippen LogP contribution in [-0.2, 0) is 4.79 Å². The number of para-hydroxylation sites is 1. The fraction of sp³-hybridized carbons (Fsp3) is 0.316. The number of aromatic hydroxyl groups is 1. The molecule has 1 N–H and O–H groups in total. The molecule has 0 fully saturated rings. The van der Waals surface area contributed by atoms with E-state index in [-0.39, 0.29) is 24.1 Å². The molecule has 0 aromatic heterocycles. The van der Waals surface area contributed by atoms with Gasteiger partial charge in [0.15, 0.2) is 0 Å². The molecule has 0 amide bonds. The lowest BCUT2D eigenvalue weighted by atomic mass is 9.86. The van der Waals surface area contributed by atoms with E-state index in [1.165, 1.54) is 6.07 Å². The Balaban J connectivity index is 1.93. The smallest absolute Gasteiger partial charge is 0.312 e. The van der Waals surface area contributed by atoms with Gasteiger partial charge in [0.05, 0.1) is 6.42 Å². The molecule has 1 aliphatic rings. The van der Waals surface area contributed by atoms with Crippen molar-refractivity contribution in [3.8, 4) is 17.2 Å². The van der Waals surface area contributed by atoms with Crippen molar-refractivity contribution in [2.45, 2.75) is 12.3 Å². The molecule has 1 heterocycles. The van der Waals surface area contributed by atoms with Gasteiger partial charge in [-0.3, -0.25) is 4.79 Å². The molecule has 0 saturated carbocycles. The number of hydrogen-bond acceptors (Lipinski definition) is 5. The molecule has 1 aliphatic heterocycles. The van der Waals surface area contributed by atoms with E-state index in [1.54, 1.807) is 12.1 Å². The number of phenolic OH excluding ortho intramolecular Hbond substituents is 1. The number of likely N-dealkylation sites (N-methyl/N-ethyl adjacent to an activating group) is 1. The monoisotopic (exact) mass is 327 g/mol. The number of fused-ring (bicyclic) bond motifs is 1. The van der Waals surface area contributed by atoms with Crippen molar-refractivity contribution in [3.05, 3.63) is 53.6 Å². The predicted molar refractivity (Wildman–Crippen MR) is 90.7 cm³/mol. The fourth-order valence-electron chi connectivity index (χ4n) is 2.86. The molecule has 0 spiro atoms. The summed E-state index contributed by atoms with van der Waals surface area (Å²) in [5.74, 6) is 0.828. The van der Waals surface area contributed by atoms with Gasteiger partial charge in [-0.05, 0) is 26.2 Å². The van der Waals surface area contributed by atoms with Crippen LogP contribution in [0.1, 0.15) is 23.5 Å². The molecule has 5 nitrogen and oxygen atoms in total. The maximum Gasteiger partial charge on any atom is 0.312 e. The van der Waals surface area contributed by atoms with Gasteiger partial charge in [-0.25, -0.2) is 0 Å². The molecular formula is C19H21NO4. The summed E-state index contributed by atoms with van der Waals surface area (Å²) in [7, 11) is 3.99. The van der Waals surface area contributed by atoms with Gasteiger partial charge in [0, 0.05) is 29.7 Å². The quantitative estimate of drug-likeness (QED) is 0.676. The average molecular weight is 327 g/mol. The van der Waals surface area contributed by atoms with Crippen LogP contribution in [0.4, 0.5) is 0 Å². The first-order chi connectivity index (χ1) is 11.5. The largest absolute Gasteiger partial charge is 0.508 e. The van der Waals surface area contributed by atoms with Gasteiger partial charge in [0.2, 0.25) is 0 Å². The molecule has 2 aromatic carbocycles. The zero-order valence-corrected chi connectivity index (χ0v) is 13.9. The van der Waals surface area contributed by atoms with Gasteiger partial charge >= 0.3 is 5.97 Å². The molecule has 0 bridgehead atoms. The lowest BCUT2D eigenvalue weighted by Gasteiger charge is -2.26. The average Bonchev–Trinajstić information content (AvgIpc) is 2.54. The van der Waals surface area contributed by atoms with E-state index >= 15 is 0 Å². The Labute approximate surface area is 141 Å². The van der Waals surface area contributed by atoms with Crippen molar-refractivity contribution in [1.29, 1.82) is 0 Å². The predicted octanol–water partition coefficient (Wildman–Crippen LogP) is 2.77. The fourth-order valence-corrected chi connectivity index (χ4v) is 2.86. The number of ether oxygens (including phenoxy) is 2. The van der Waals surface area contributed by atoms with Crippen LogP contribution in [0.2, 0.25) is 0 Å². The number of benzene rings is 2. The van der Waals surface area contributed by atoms with Crippen molar-refractivity contribution >= 4 is 5.97 Å². The Kier molecular flexibility index (Phi) is 4.71. The van der Waals surface area contributed by atoms with Gasteiger partial charge in [-0.2, -0.15) is 0 Å². The Morgan fingerprint density at radius 1 is 1.21 bits per heavy atom. The third-order valence-electron chi connectivity index (χ3n) is 4.06. The summed E-state index contributed by atoms with van der Waals surface area (Å²) in [5.41, 5.74) is 1.84. The summed E-state index contributed by atoms with van der Waals surface area (Å²) in [4.78, 5) is 14.0. The topological polar surface area (TPSA) is 59.0 Å². The van der Waals surface area contributed by atoms with E-state index in [0.29, 0.717) is 12.4 Å². The van der Waals surface area contributed by atoms with Gasteiger partial charge in [-0.1, -0.05) is 24.3 Å².